The van der Waals surface area contributed by atoms with Crippen molar-refractivity contribution >= 4 is 23.3 Å². The van der Waals surface area contributed by atoms with E-state index in [1.54, 1.807) is 18.3 Å². The molecule has 2 rings (SSSR count). The highest BCUT2D eigenvalue weighted by atomic mass is 35.5. The maximum Gasteiger partial charge on any atom is 0.255 e. The Labute approximate surface area is 121 Å². The Hall–Kier alpha value is -1.43. The maximum absolute atomic E-state index is 12.1. The van der Waals surface area contributed by atoms with Crippen LogP contribution < -0.4 is 10.2 Å². The normalized spacial score (nSPS) is 19.2. The quantitative estimate of drug-likeness (QED) is 0.928. The highest BCUT2D eigenvalue weighted by Gasteiger charge is 2.27. The summed E-state index contributed by atoms with van der Waals surface area (Å²) in [5, 5.41) is 2.80. The van der Waals surface area contributed by atoms with Crippen LogP contribution in [0.4, 0.5) is 14.6 Å². The van der Waals surface area contributed by atoms with Crippen molar-refractivity contribution in [3.05, 3.63) is 23.4 Å². The summed E-state index contributed by atoms with van der Waals surface area (Å²) in [5.74, 6) is 0.00292. The number of carbonyl (C=O) groups excluding carboxylic acids is 1. The zero-order valence-corrected chi connectivity index (χ0v) is 11.6. The fraction of sp³-hybridized carbons (Fsp3) is 0.538. The molecule has 1 atom stereocenters. The number of halogens is 3. The molecule has 1 aromatic rings. The molecule has 20 heavy (non-hydrogen) atoms. The molecule has 1 N–H and O–H groups in total. The highest BCUT2D eigenvalue weighted by molar-refractivity contribution is 6.32. The number of rotatable bonds is 4. The monoisotopic (exact) mass is 303 g/mol. The minimum absolute atomic E-state index is 0.305. The summed E-state index contributed by atoms with van der Waals surface area (Å²) >= 11 is 6.08. The van der Waals surface area contributed by atoms with Gasteiger partial charge in [0.1, 0.15) is 5.82 Å². The van der Waals surface area contributed by atoms with Crippen molar-refractivity contribution in [3.8, 4) is 0 Å². The first-order valence-electron chi connectivity index (χ1n) is 6.49. The van der Waals surface area contributed by atoms with Crippen molar-refractivity contribution in [2.75, 3.05) is 24.5 Å². The first-order chi connectivity index (χ1) is 9.58. The number of aromatic nitrogens is 1. The lowest BCUT2D eigenvalue weighted by atomic mass is 9.97. The number of hydrogen-bond acceptors (Lipinski definition) is 3. The van der Waals surface area contributed by atoms with Gasteiger partial charge in [0.05, 0.1) is 17.5 Å². The molecule has 0 spiro atoms. The van der Waals surface area contributed by atoms with Crippen LogP contribution in [0.15, 0.2) is 18.3 Å². The van der Waals surface area contributed by atoms with E-state index in [2.05, 4.69) is 10.3 Å². The number of alkyl halides is 2. The molecule has 0 radical (unpaired) electrons. The van der Waals surface area contributed by atoms with Gasteiger partial charge in [0.25, 0.3) is 6.43 Å². The van der Waals surface area contributed by atoms with Crippen molar-refractivity contribution < 1.29 is 13.6 Å². The maximum atomic E-state index is 12.1. The third-order valence-corrected chi connectivity index (χ3v) is 3.56. The second-order valence-corrected chi connectivity index (χ2v) is 5.14. The van der Waals surface area contributed by atoms with E-state index in [1.807, 2.05) is 4.90 Å². The van der Waals surface area contributed by atoms with Gasteiger partial charge in [0.2, 0.25) is 5.91 Å². The molecule has 1 saturated heterocycles. The van der Waals surface area contributed by atoms with Gasteiger partial charge in [-0.2, -0.15) is 0 Å². The van der Waals surface area contributed by atoms with Crippen LogP contribution in [-0.4, -0.2) is 37.0 Å². The molecule has 1 aliphatic rings. The zero-order valence-electron chi connectivity index (χ0n) is 10.9. The molecule has 4 nitrogen and oxygen atoms in total. The third kappa shape index (κ3) is 3.79. The molecule has 1 aromatic heterocycles. The SMILES string of the molecule is O=C(NCC(F)F)C1CCCN(c2ncccc2Cl)C1. The average Bonchev–Trinajstić information content (AvgIpc) is 2.45. The molecule has 2 heterocycles. The molecule has 7 heteroatoms. The number of piperidine rings is 1. The Balaban J connectivity index is 1.98. The van der Waals surface area contributed by atoms with Crippen LogP contribution in [0, 0.1) is 5.92 Å². The van der Waals surface area contributed by atoms with Crippen LogP contribution in [0.2, 0.25) is 5.02 Å². The fourth-order valence-electron chi connectivity index (χ4n) is 2.32. The van der Waals surface area contributed by atoms with E-state index in [0.29, 0.717) is 23.8 Å². The molecule has 0 saturated carbocycles. The summed E-state index contributed by atoms with van der Waals surface area (Å²) in [7, 11) is 0. The standard InChI is InChI=1S/C13H16ClF2N3O/c14-10-4-1-5-17-12(10)19-6-2-3-9(8-19)13(20)18-7-11(15)16/h1,4-5,9,11H,2-3,6-8H2,(H,18,20). The van der Waals surface area contributed by atoms with E-state index in [-0.39, 0.29) is 11.8 Å². The van der Waals surface area contributed by atoms with Crippen LogP contribution in [0.25, 0.3) is 0 Å². The highest BCUT2D eigenvalue weighted by Crippen LogP contribution is 2.27. The number of pyridine rings is 1. The van der Waals surface area contributed by atoms with Gasteiger partial charge in [-0.3, -0.25) is 4.79 Å². The van der Waals surface area contributed by atoms with Gasteiger partial charge in [0.15, 0.2) is 0 Å². The summed E-state index contributed by atoms with van der Waals surface area (Å²) in [4.78, 5) is 18.0. The van der Waals surface area contributed by atoms with Crippen LogP contribution in [0.3, 0.4) is 0 Å². The molecule has 1 fully saturated rings. The first-order valence-corrected chi connectivity index (χ1v) is 6.87. The van der Waals surface area contributed by atoms with E-state index < -0.39 is 13.0 Å². The van der Waals surface area contributed by atoms with E-state index in [4.69, 9.17) is 11.6 Å². The lowest BCUT2D eigenvalue weighted by Crippen LogP contribution is -2.44. The Morgan fingerprint density at radius 1 is 1.60 bits per heavy atom. The Kier molecular flexibility index (Phi) is 5.11. The van der Waals surface area contributed by atoms with Crippen LogP contribution in [0.5, 0.6) is 0 Å². The number of carbonyl (C=O) groups is 1. The Bertz CT molecular complexity index is 473. The van der Waals surface area contributed by atoms with Crippen LogP contribution in [0.1, 0.15) is 12.8 Å². The number of amides is 1. The first kappa shape index (κ1) is 15.0. The number of nitrogens with one attached hydrogen (secondary N) is 1. The Morgan fingerprint density at radius 3 is 3.10 bits per heavy atom. The van der Waals surface area contributed by atoms with Crippen molar-refractivity contribution in [2.24, 2.45) is 5.92 Å². The van der Waals surface area contributed by atoms with Gasteiger partial charge < -0.3 is 10.2 Å². The smallest absolute Gasteiger partial charge is 0.255 e. The topological polar surface area (TPSA) is 45.2 Å². The van der Waals surface area contributed by atoms with E-state index >= 15 is 0 Å². The second kappa shape index (κ2) is 6.83. The van der Waals surface area contributed by atoms with Crippen LogP contribution >= 0.6 is 11.6 Å². The molecule has 110 valence electrons. The molecule has 0 aliphatic carbocycles. The van der Waals surface area contributed by atoms with Gasteiger partial charge in [-0.05, 0) is 25.0 Å². The average molecular weight is 304 g/mol. The summed E-state index contributed by atoms with van der Waals surface area (Å²) in [6.07, 6.45) is 0.612. The molecule has 0 bridgehead atoms. The lowest BCUT2D eigenvalue weighted by molar-refractivity contribution is -0.125. The zero-order chi connectivity index (χ0) is 14.5. The predicted molar refractivity (Wildman–Crippen MR) is 73.2 cm³/mol. The fourth-order valence-corrected chi connectivity index (χ4v) is 2.56. The number of anilines is 1. The predicted octanol–water partition coefficient (Wildman–Crippen LogP) is 2.33. The number of hydrogen-bond donors (Lipinski definition) is 1. The summed E-state index contributed by atoms with van der Waals surface area (Å²) < 4.78 is 24.2. The van der Waals surface area contributed by atoms with E-state index in [9.17, 15) is 13.6 Å². The number of nitrogens with zero attached hydrogens (tertiary/aromatic N) is 2. The minimum atomic E-state index is -2.52. The lowest BCUT2D eigenvalue weighted by Gasteiger charge is -2.33. The van der Waals surface area contributed by atoms with Gasteiger partial charge in [-0.15, -0.1) is 0 Å². The van der Waals surface area contributed by atoms with Crippen LogP contribution in [-0.2, 0) is 4.79 Å². The van der Waals surface area contributed by atoms with E-state index in [0.717, 1.165) is 13.0 Å². The van der Waals surface area contributed by atoms with Gasteiger partial charge in [0, 0.05) is 19.3 Å². The van der Waals surface area contributed by atoms with Crippen molar-refractivity contribution in [1.29, 1.82) is 0 Å². The van der Waals surface area contributed by atoms with Crippen molar-refractivity contribution in [2.45, 2.75) is 19.3 Å². The van der Waals surface area contributed by atoms with Gasteiger partial charge in [-0.25, -0.2) is 13.8 Å². The van der Waals surface area contributed by atoms with Crippen molar-refractivity contribution in [1.82, 2.24) is 10.3 Å². The Morgan fingerprint density at radius 2 is 2.40 bits per heavy atom. The molecule has 0 aromatic carbocycles. The summed E-state index contributed by atoms with van der Waals surface area (Å²) in [5.41, 5.74) is 0. The summed E-state index contributed by atoms with van der Waals surface area (Å²) in [6.45, 7) is 0.612. The molecular formula is C13H16ClF2N3O. The van der Waals surface area contributed by atoms with Gasteiger partial charge in [-0.1, -0.05) is 11.6 Å². The largest absolute Gasteiger partial charge is 0.355 e. The summed E-state index contributed by atoms with van der Waals surface area (Å²) in [6, 6.07) is 3.48. The van der Waals surface area contributed by atoms with E-state index in [1.165, 1.54) is 0 Å². The molecule has 1 amide bonds. The second-order valence-electron chi connectivity index (χ2n) is 4.73. The third-order valence-electron chi connectivity index (χ3n) is 3.26. The molecular weight excluding hydrogens is 288 g/mol. The minimum Gasteiger partial charge on any atom is -0.355 e. The van der Waals surface area contributed by atoms with Crippen molar-refractivity contribution in [3.63, 3.8) is 0 Å². The van der Waals surface area contributed by atoms with Gasteiger partial charge >= 0.3 is 0 Å². The molecule has 1 unspecified atom stereocenters. The molecule has 1 aliphatic heterocycles.